The first kappa shape index (κ1) is 42.7. The number of amides is 2. The molecule has 0 saturated heterocycles. The maximum Gasteiger partial charge on any atom is 0.321 e. The van der Waals surface area contributed by atoms with Gasteiger partial charge in [-0.15, -0.1) is 0 Å². The Labute approximate surface area is 275 Å². The zero-order chi connectivity index (χ0) is 32.4. The van der Waals surface area contributed by atoms with Gasteiger partial charge in [-0.2, -0.15) is 4.48 Å². The van der Waals surface area contributed by atoms with Crippen molar-refractivity contribution in [3.05, 3.63) is 24.3 Å². The molecule has 1 N–H and O–H groups in total. The van der Waals surface area contributed by atoms with Crippen molar-refractivity contribution in [2.75, 3.05) is 19.7 Å². The third-order valence-corrected chi connectivity index (χ3v) is 9.28. The van der Waals surface area contributed by atoms with Crippen molar-refractivity contribution in [2.45, 2.75) is 201 Å². The predicted molar refractivity (Wildman–Crippen MR) is 192 cm³/mol. The van der Waals surface area contributed by atoms with Crippen molar-refractivity contribution in [3.8, 4) is 0 Å². The summed E-state index contributed by atoms with van der Waals surface area (Å²) in [4.78, 5) is 26.5. The summed E-state index contributed by atoms with van der Waals surface area (Å²) < 4.78 is -0.163. The number of hydrogen-bond acceptors (Lipinski definition) is 3. The van der Waals surface area contributed by atoms with E-state index in [2.05, 4.69) is 38.2 Å². The molecule has 0 atom stereocenters. The molecule has 0 aliphatic rings. The number of hydrogen-bond donors (Lipinski definition) is 1. The van der Waals surface area contributed by atoms with Crippen LogP contribution in [0.5, 0.6) is 0 Å². The number of unbranched alkanes of at least 4 members (excludes halogenated alkanes) is 22. The Hall–Kier alpha value is -1.26. The Balaban J connectivity index is 4.02. The molecule has 4 nitrogen and oxygen atoms in total. The van der Waals surface area contributed by atoms with Crippen molar-refractivity contribution >= 4 is 11.8 Å². The summed E-state index contributed by atoms with van der Waals surface area (Å²) in [5.74, 6) is 0.0221. The van der Waals surface area contributed by atoms with Gasteiger partial charge in [0.1, 0.15) is 6.54 Å². The number of rotatable bonds is 33. The summed E-state index contributed by atoms with van der Waals surface area (Å²) in [5.41, 5.74) is 0. The summed E-state index contributed by atoms with van der Waals surface area (Å²) in [5, 5.41) is 9.71. The zero-order valence-corrected chi connectivity index (χ0v) is 29.9. The van der Waals surface area contributed by atoms with E-state index in [0.29, 0.717) is 19.4 Å². The Kier molecular flexibility index (Phi) is 32.2. The highest BCUT2D eigenvalue weighted by molar-refractivity contribution is 5.84. The van der Waals surface area contributed by atoms with Crippen molar-refractivity contribution in [1.82, 2.24) is 0 Å². The third kappa shape index (κ3) is 24.0. The molecule has 0 spiro atoms. The van der Waals surface area contributed by atoms with Gasteiger partial charge in [-0.1, -0.05) is 141 Å². The van der Waals surface area contributed by atoms with Gasteiger partial charge < -0.3 is 5.11 Å². The van der Waals surface area contributed by atoms with Gasteiger partial charge in [0.25, 0.3) is 0 Å². The van der Waals surface area contributed by atoms with E-state index in [4.69, 9.17) is 0 Å². The Morgan fingerprint density at radius 2 is 0.750 bits per heavy atom. The number of imide groups is 1. The molecule has 44 heavy (non-hydrogen) atoms. The maximum atomic E-state index is 13.2. The molecular formula is C40H76NO3+. The van der Waals surface area contributed by atoms with Crippen LogP contribution >= 0.6 is 0 Å². The first-order valence-corrected chi connectivity index (χ1v) is 19.4. The molecule has 0 fully saturated rings. The minimum Gasteiger partial charge on any atom is -0.390 e. The number of aliphatic hydroxyl groups is 1. The highest BCUT2D eigenvalue weighted by Crippen LogP contribution is 2.19. The van der Waals surface area contributed by atoms with Crippen LogP contribution in [0.15, 0.2) is 24.3 Å². The molecule has 4 heteroatoms. The van der Waals surface area contributed by atoms with E-state index in [-0.39, 0.29) is 29.4 Å². The fourth-order valence-corrected chi connectivity index (χ4v) is 6.19. The fourth-order valence-electron chi connectivity index (χ4n) is 6.19. The molecule has 0 rings (SSSR count). The van der Waals surface area contributed by atoms with E-state index in [1.165, 1.54) is 116 Å². The largest absolute Gasteiger partial charge is 0.390 e. The van der Waals surface area contributed by atoms with Crippen LogP contribution in [0.2, 0.25) is 0 Å². The van der Waals surface area contributed by atoms with Gasteiger partial charge in [-0.25, -0.2) is 9.59 Å². The van der Waals surface area contributed by atoms with Crippen LogP contribution in [0.1, 0.15) is 201 Å². The van der Waals surface area contributed by atoms with Crippen molar-refractivity contribution in [3.63, 3.8) is 0 Å². The maximum absolute atomic E-state index is 13.2. The van der Waals surface area contributed by atoms with Crippen LogP contribution in [0.3, 0.4) is 0 Å². The molecule has 0 aromatic rings. The number of carbonyl (C=O) groups is 2. The van der Waals surface area contributed by atoms with E-state index >= 15 is 0 Å². The van der Waals surface area contributed by atoms with Crippen LogP contribution in [0.4, 0.5) is 0 Å². The zero-order valence-electron chi connectivity index (χ0n) is 29.9. The van der Waals surface area contributed by atoms with E-state index in [0.717, 1.165) is 51.4 Å². The van der Waals surface area contributed by atoms with Crippen molar-refractivity contribution < 1.29 is 19.2 Å². The van der Waals surface area contributed by atoms with Crippen LogP contribution in [0, 0.1) is 0 Å². The smallest absolute Gasteiger partial charge is 0.321 e. The van der Waals surface area contributed by atoms with Gasteiger partial charge in [0.05, 0.1) is 26.0 Å². The molecule has 0 radical (unpaired) electrons. The van der Waals surface area contributed by atoms with E-state index in [1.54, 1.807) is 0 Å². The molecule has 0 aliphatic carbocycles. The molecule has 0 unspecified atom stereocenters. The van der Waals surface area contributed by atoms with Gasteiger partial charge >= 0.3 is 11.8 Å². The van der Waals surface area contributed by atoms with Crippen LogP contribution in [-0.4, -0.2) is 41.1 Å². The number of nitrogens with zero attached hydrogens (tertiary/aromatic N) is 1. The molecule has 0 aromatic heterocycles. The number of likely N-dealkylation sites (N-methyl/N-ethyl adjacent to an activating group) is 1. The highest BCUT2D eigenvalue weighted by atomic mass is 16.3. The fraction of sp³-hybridized carbons (Fsp3) is 0.850. The Morgan fingerprint density at radius 1 is 0.455 bits per heavy atom. The molecular weight excluding hydrogens is 542 g/mol. The minimum atomic E-state index is -0.163. The molecule has 2 amide bonds. The second-order valence-corrected chi connectivity index (χ2v) is 13.2. The lowest BCUT2D eigenvalue weighted by Gasteiger charge is -2.32. The molecule has 0 aliphatic heterocycles. The highest BCUT2D eigenvalue weighted by Gasteiger charge is 2.41. The average molecular weight is 619 g/mol. The van der Waals surface area contributed by atoms with Crippen LogP contribution in [0.25, 0.3) is 0 Å². The monoisotopic (exact) mass is 619 g/mol. The summed E-state index contributed by atoms with van der Waals surface area (Å²) in [6.07, 6.45) is 42.3. The first-order chi connectivity index (χ1) is 21.6. The molecule has 0 bridgehead atoms. The number of quaternary nitrogens is 1. The third-order valence-electron chi connectivity index (χ3n) is 9.28. The molecule has 258 valence electrons. The molecule has 0 saturated carbocycles. The van der Waals surface area contributed by atoms with Gasteiger partial charge in [0.15, 0.2) is 0 Å². The number of allylic oxidation sites excluding steroid dienone is 4. The molecule has 0 heterocycles. The van der Waals surface area contributed by atoms with E-state index < -0.39 is 0 Å². The lowest BCUT2D eigenvalue weighted by atomic mass is 10.1. The lowest BCUT2D eigenvalue weighted by molar-refractivity contribution is -0.778. The standard InChI is InChI=1S/C40H76NO3/c1-4-7-9-11-13-15-17-19-21-23-25-27-29-31-33-35-39(43)41(6-3,37-38-42)40(44)36-34-32-30-28-26-24-22-20-18-16-14-12-10-8-5-2/h19-22,42H,4-18,23-38H2,1-3H3/q+1/b21-19-,22-20-. The predicted octanol–water partition coefficient (Wildman–Crippen LogP) is 11.9. The summed E-state index contributed by atoms with van der Waals surface area (Å²) in [7, 11) is 0. The SMILES string of the molecule is CCCCCCCC/C=C\CCCCCCCC(=O)[N+](CC)(CCO)C(=O)CCCCCCC/C=C\CCCCCCCC. The van der Waals surface area contributed by atoms with Gasteiger partial charge in [0.2, 0.25) is 0 Å². The summed E-state index contributed by atoms with van der Waals surface area (Å²) in [6.45, 7) is 7.01. The van der Waals surface area contributed by atoms with Crippen molar-refractivity contribution in [1.29, 1.82) is 0 Å². The van der Waals surface area contributed by atoms with Crippen LogP contribution in [-0.2, 0) is 9.59 Å². The van der Waals surface area contributed by atoms with Gasteiger partial charge in [-0.3, -0.25) is 0 Å². The lowest BCUT2D eigenvalue weighted by Crippen LogP contribution is -2.58. The minimum absolute atomic E-state index is 0.0110. The second kappa shape index (κ2) is 33.1. The number of aliphatic hydroxyl groups excluding tert-OH is 1. The normalized spacial score (nSPS) is 12.2. The van der Waals surface area contributed by atoms with Gasteiger partial charge in [0, 0.05) is 0 Å². The number of carbonyl (C=O) groups excluding carboxylic acids is 2. The topological polar surface area (TPSA) is 54.4 Å². The first-order valence-electron chi connectivity index (χ1n) is 19.4. The Bertz CT molecular complexity index is 647. The summed E-state index contributed by atoms with van der Waals surface area (Å²) in [6, 6.07) is 0. The van der Waals surface area contributed by atoms with Crippen molar-refractivity contribution in [2.24, 2.45) is 0 Å². The Morgan fingerprint density at radius 3 is 1.05 bits per heavy atom. The second-order valence-electron chi connectivity index (χ2n) is 13.2. The molecule has 0 aromatic carbocycles. The van der Waals surface area contributed by atoms with E-state index in [9.17, 15) is 14.7 Å². The van der Waals surface area contributed by atoms with Crippen LogP contribution < -0.4 is 0 Å². The van der Waals surface area contributed by atoms with Gasteiger partial charge in [-0.05, 0) is 71.1 Å². The summed E-state index contributed by atoms with van der Waals surface area (Å²) >= 11 is 0. The van der Waals surface area contributed by atoms with E-state index in [1.807, 2.05) is 6.92 Å². The quantitative estimate of drug-likeness (QED) is 0.0452. The average Bonchev–Trinajstić information content (AvgIpc) is 3.03.